The molecule has 3 rings (SSSR count). The lowest BCUT2D eigenvalue weighted by Crippen LogP contribution is -2.16. The van der Waals surface area contributed by atoms with E-state index in [2.05, 4.69) is 4.57 Å². The van der Waals surface area contributed by atoms with Gasteiger partial charge in [0.15, 0.2) is 6.61 Å². The van der Waals surface area contributed by atoms with Crippen LogP contribution < -0.4 is 4.90 Å². The second kappa shape index (κ2) is 8.36. The highest BCUT2D eigenvalue weighted by atomic mass is 16.5. The van der Waals surface area contributed by atoms with E-state index in [1.165, 1.54) is 6.08 Å². The molecular weight excluding hydrogens is 366 g/mol. The van der Waals surface area contributed by atoms with Gasteiger partial charge in [0.1, 0.15) is 11.6 Å². The summed E-state index contributed by atoms with van der Waals surface area (Å²) in [5.41, 5.74) is 4.10. The predicted octanol–water partition coefficient (Wildman–Crippen LogP) is 3.84. The van der Waals surface area contributed by atoms with Gasteiger partial charge in [0.2, 0.25) is 5.78 Å². The second-order valence-electron chi connectivity index (χ2n) is 7.54. The summed E-state index contributed by atoms with van der Waals surface area (Å²) in [6.45, 7) is 3.51. The maximum absolute atomic E-state index is 12.6. The molecule has 6 nitrogen and oxygen atoms in total. The number of aryl methyl sites for hydroxylation is 1. The van der Waals surface area contributed by atoms with Crippen molar-refractivity contribution in [2.75, 3.05) is 25.6 Å². The van der Waals surface area contributed by atoms with Gasteiger partial charge in [-0.15, -0.1) is 0 Å². The van der Waals surface area contributed by atoms with Crippen molar-refractivity contribution in [2.45, 2.75) is 32.7 Å². The van der Waals surface area contributed by atoms with Crippen LogP contribution in [0.5, 0.6) is 0 Å². The third-order valence-corrected chi connectivity index (χ3v) is 5.09. The molecule has 0 aliphatic heterocycles. The van der Waals surface area contributed by atoms with E-state index in [0.717, 1.165) is 29.9 Å². The predicted molar refractivity (Wildman–Crippen MR) is 112 cm³/mol. The van der Waals surface area contributed by atoms with E-state index in [4.69, 9.17) is 4.74 Å². The summed E-state index contributed by atoms with van der Waals surface area (Å²) in [6.07, 6.45) is 3.72. The zero-order valence-electron chi connectivity index (χ0n) is 17.2. The van der Waals surface area contributed by atoms with Crippen LogP contribution in [0.3, 0.4) is 0 Å². The Morgan fingerprint density at radius 3 is 2.45 bits per heavy atom. The van der Waals surface area contributed by atoms with Gasteiger partial charge in [0, 0.05) is 42.8 Å². The maximum atomic E-state index is 12.6. The Labute approximate surface area is 171 Å². The van der Waals surface area contributed by atoms with Crippen LogP contribution in [-0.2, 0) is 9.53 Å². The van der Waals surface area contributed by atoms with E-state index in [1.807, 2.05) is 69.2 Å². The molecular formula is C23H25N3O3. The number of carbonyl (C=O) groups excluding carboxylic acids is 2. The van der Waals surface area contributed by atoms with Gasteiger partial charge in [0.05, 0.1) is 0 Å². The minimum absolute atomic E-state index is 0.140. The van der Waals surface area contributed by atoms with E-state index < -0.39 is 5.97 Å². The number of nitrogens with zero attached hydrogens (tertiary/aromatic N) is 3. The van der Waals surface area contributed by atoms with Gasteiger partial charge >= 0.3 is 5.97 Å². The van der Waals surface area contributed by atoms with Gasteiger partial charge in [-0.2, -0.15) is 5.26 Å². The highest BCUT2D eigenvalue weighted by molar-refractivity contribution is 6.02. The van der Waals surface area contributed by atoms with Gasteiger partial charge < -0.3 is 14.2 Å². The first-order valence-corrected chi connectivity index (χ1v) is 9.59. The first-order valence-electron chi connectivity index (χ1n) is 9.59. The van der Waals surface area contributed by atoms with Crippen molar-refractivity contribution in [3.8, 4) is 6.07 Å². The highest BCUT2D eigenvalue weighted by Crippen LogP contribution is 2.38. The number of rotatable bonds is 7. The SMILES string of the molecule is Cc1cc(C(=O)COC(=O)/C(C#N)=C/c2ccc(N(C)C)cc2)c(C)n1C1CC1. The normalized spacial score (nSPS) is 13.7. The van der Waals surface area contributed by atoms with Crippen LogP contribution in [-0.4, -0.2) is 37.0 Å². The van der Waals surface area contributed by atoms with E-state index in [1.54, 1.807) is 0 Å². The Hall–Kier alpha value is -3.33. The number of esters is 1. The average molecular weight is 391 g/mol. The number of aromatic nitrogens is 1. The maximum Gasteiger partial charge on any atom is 0.349 e. The molecule has 0 radical (unpaired) electrons. The fraction of sp³-hybridized carbons (Fsp3) is 0.348. The summed E-state index contributed by atoms with van der Waals surface area (Å²) in [7, 11) is 3.87. The first-order chi connectivity index (χ1) is 13.8. The molecule has 1 aliphatic rings. The number of carbonyl (C=O) groups is 2. The summed E-state index contributed by atoms with van der Waals surface area (Å²) in [5, 5.41) is 9.32. The minimum atomic E-state index is -0.798. The lowest BCUT2D eigenvalue weighted by molar-refractivity contribution is -0.137. The quantitative estimate of drug-likeness (QED) is 0.310. The number of anilines is 1. The van der Waals surface area contributed by atoms with E-state index >= 15 is 0 Å². The third-order valence-electron chi connectivity index (χ3n) is 5.09. The third kappa shape index (κ3) is 4.57. The first kappa shape index (κ1) is 20.4. The fourth-order valence-corrected chi connectivity index (χ4v) is 3.41. The largest absolute Gasteiger partial charge is 0.453 e. The van der Waals surface area contributed by atoms with Gasteiger partial charge in [-0.1, -0.05) is 12.1 Å². The van der Waals surface area contributed by atoms with Gasteiger partial charge in [0.25, 0.3) is 0 Å². The van der Waals surface area contributed by atoms with Gasteiger partial charge in [-0.3, -0.25) is 4.79 Å². The van der Waals surface area contributed by atoms with Crippen molar-refractivity contribution in [2.24, 2.45) is 0 Å². The lowest BCUT2D eigenvalue weighted by atomic mass is 10.1. The number of ketones is 1. The van der Waals surface area contributed by atoms with Crippen molar-refractivity contribution in [1.82, 2.24) is 4.57 Å². The second-order valence-corrected chi connectivity index (χ2v) is 7.54. The van der Waals surface area contributed by atoms with Crippen LogP contribution in [0.25, 0.3) is 6.08 Å². The van der Waals surface area contributed by atoms with Crippen molar-refractivity contribution >= 4 is 23.5 Å². The van der Waals surface area contributed by atoms with Crippen LogP contribution in [0, 0.1) is 25.2 Å². The molecule has 1 heterocycles. The van der Waals surface area contributed by atoms with Crippen LogP contribution in [0.1, 0.15) is 46.2 Å². The number of hydrogen-bond acceptors (Lipinski definition) is 5. The summed E-state index contributed by atoms with van der Waals surface area (Å²) < 4.78 is 7.30. The van der Waals surface area contributed by atoms with E-state index in [9.17, 15) is 14.9 Å². The molecule has 0 spiro atoms. The van der Waals surface area contributed by atoms with Gasteiger partial charge in [-0.05, 0) is 56.5 Å². The molecule has 1 fully saturated rings. The zero-order chi connectivity index (χ0) is 21.1. The number of Topliss-reactive ketones (excluding diaryl/α,β-unsaturated/α-hetero) is 1. The molecule has 0 atom stereocenters. The van der Waals surface area contributed by atoms with Gasteiger partial charge in [-0.25, -0.2) is 4.79 Å². The summed E-state index contributed by atoms with van der Waals surface area (Å²) >= 11 is 0. The fourth-order valence-electron chi connectivity index (χ4n) is 3.41. The minimum Gasteiger partial charge on any atom is -0.453 e. The van der Waals surface area contributed by atoms with Crippen molar-refractivity contribution in [3.05, 3.63) is 58.4 Å². The topological polar surface area (TPSA) is 75.3 Å². The molecule has 1 saturated carbocycles. The summed E-state index contributed by atoms with van der Waals surface area (Å²) in [6, 6.07) is 11.6. The number of hydrogen-bond donors (Lipinski definition) is 0. The molecule has 1 aliphatic carbocycles. The molecule has 150 valence electrons. The molecule has 0 amide bonds. The summed E-state index contributed by atoms with van der Waals surface area (Å²) in [4.78, 5) is 26.8. The zero-order valence-corrected chi connectivity index (χ0v) is 17.2. The number of benzene rings is 1. The van der Waals surface area contributed by atoms with Crippen LogP contribution in [0.2, 0.25) is 0 Å². The molecule has 1 aromatic heterocycles. The molecule has 2 aromatic rings. The monoisotopic (exact) mass is 391 g/mol. The van der Waals surface area contributed by atoms with Crippen molar-refractivity contribution in [3.63, 3.8) is 0 Å². The Bertz CT molecular complexity index is 1000. The highest BCUT2D eigenvalue weighted by Gasteiger charge is 2.28. The lowest BCUT2D eigenvalue weighted by Gasteiger charge is -2.11. The Morgan fingerprint density at radius 1 is 1.24 bits per heavy atom. The number of nitriles is 1. The Balaban J connectivity index is 1.66. The molecule has 29 heavy (non-hydrogen) atoms. The Kier molecular flexibility index (Phi) is 5.88. The summed E-state index contributed by atoms with van der Waals surface area (Å²) in [5.74, 6) is -1.06. The molecule has 0 N–H and O–H groups in total. The van der Waals surface area contributed by atoms with E-state index in [0.29, 0.717) is 17.2 Å². The molecule has 0 saturated heterocycles. The molecule has 0 unspecified atom stereocenters. The van der Waals surface area contributed by atoms with Crippen LogP contribution in [0.15, 0.2) is 35.9 Å². The number of ether oxygens (including phenoxy) is 1. The molecule has 6 heteroatoms. The molecule has 1 aromatic carbocycles. The molecule has 0 bridgehead atoms. The van der Waals surface area contributed by atoms with E-state index in [-0.39, 0.29) is 18.0 Å². The average Bonchev–Trinajstić information content (AvgIpc) is 3.48. The smallest absolute Gasteiger partial charge is 0.349 e. The Morgan fingerprint density at radius 2 is 1.90 bits per heavy atom. The van der Waals surface area contributed by atoms with Crippen molar-refractivity contribution in [1.29, 1.82) is 5.26 Å². The standard InChI is InChI=1S/C23H25N3O3/c1-15-11-21(16(2)26(15)20-9-10-20)22(27)14-29-23(28)18(13-24)12-17-5-7-19(8-6-17)25(3)4/h5-8,11-12,20H,9-10,14H2,1-4H3/b18-12+. The van der Waals surface area contributed by atoms with Crippen LogP contribution >= 0.6 is 0 Å². The van der Waals surface area contributed by atoms with Crippen molar-refractivity contribution < 1.29 is 14.3 Å². The van der Waals surface area contributed by atoms with Crippen LogP contribution in [0.4, 0.5) is 5.69 Å².